The molecule has 10 nitrogen and oxygen atoms in total. The molecular formula is C28H30FN5O5. The number of rotatable bonds is 7. The van der Waals surface area contributed by atoms with E-state index in [1.165, 1.54) is 30.3 Å². The first kappa shape index (κ1) is 28.8. The maximum absolute atomic E-state index is 14.0. The van der Waals surface area contributed by atoms with E-state index in [0.717, 1.165) is 6.07 Å². The van der Waals surface area contributed by atoms with Gasteiger partial charge < -0.3 is 24.8 Å². The van der Waals surface area contributed by atoms with Crippen molar-refractivity contribution in [1.82, 2.24) is 14.9 Å². The first-order chi connectivity index (χ1) is 18.3. The number of esters is 1. The predicted octanol–water partition coefficient (Wildman–Crippen LogP) is 5.03. The standard InChI is InChI=1S/C28H30FN5O5/c1-16(21-12-19(29)10-11-20(21)26(35)37-6)38-25-24(31)32-14-22(33-25)23-17(13-30)8-7-9-18(23)15-34(5)27(36)39-28(2,3)4/h7-12,14,16H,15H2,1-6H3,(H2,31,32)/t16-/m1/s1. The van der Waals surface area contributed by atoms with E-state index in [1.807, 2.05) is 0 Å². The average molecular weight is 536 g/mol. The molecule has 0 radical (unpaired) electrons. The fourth-order valence-electron chi connectivity index (χ4n) is 3.77. The van der Waals surface area contributed by atoms with E-state index in [1.54, 1.807) is 52.9 Å². The normalized spacial score (nSPS) is 11.7. The van der Waals surface area contributed by atoms with Gasteiger partial charge in [-0.15, -0.1) is 0 Å². The maximum Gasteiger partial charge on any atom is 0.410 e. The lowest BCUT2D eigenvalue weighted by molar-refractivity contribution is 0.0285. The van der Waals surface area contributed by atoms with Gasteiger partial charge in [-0.2, -0.15) is 5.26 Å². The Hall–Kier alpha value is -4.72. The van der Waals surface area contributed by atoms with Gasteiger partial charge in [0, 0.05) is 24.7 Å². The Morgan fingerprint density at radius 2 is 1.95 bits per heavy atom. The predicted molar refractivity (Wildman–Crippen MR) is 141 cm³/mol. The van der Waals surface area contributed by atoms with Gasteiger partial charge in [-0.05, 0) is 57.5 Å². The Kier molecular flexibility index (Phi) is 8.71. The van der Waals surface area contributed by atoms with Crippen molar-refractivity contribution in [3.63, 3.8) is 0 Å². The summed E-state index contributed by atoms with van der Waals surface area (Å²) in [5.74, 6) is -1.36. The number of nitriles is 1. The van der Waals surface area contributed by atoms with Crippen LogP contribution in [0.25, 0.3) is 11.3 Å². The van der Waals surface area contributed by atoms with Crippen LogP contribution in [0, 0.1) is 17.1 Å². The number of benzene rings is 2. The van der Waals surface area contributed by atoms with Crippen LogP contribution in [0.2, 0.25) is 0 Å². The highest BCUT2D eigenvalue weighted by Gasteiger charge is 2.24. The number of nitrogens with two attached hydrogens (primary N) is 1. The average Bonchev–Trinajstić information content (AvgIpc) is 2.88. The van der Waals surface area contributed by atoms with Gasteiger partial charge in [-0.1, -0.05) is 12.1 Å². The van der Waals surface area contributed by atoms with E-state index in [9.17, 15) is 19.2 Å². The van der Waals surface area contributed by atoms with Crippen molar-refractivity contribution in [2.24, 2.45) is 0 Å². The number of anilines is 1. The van der Waals surface area contributed by atoms with Crippen LogP contribution in [-0.4, -0.2) is 46.7 Å². The SMILES string of the molecule is COC(=O)c1ccc(F)cc1[C@@H](C)Oc1nc(-c2c(C#N)cccc2CN(C)C(=O)OC(C)(C)C)cnc1N. The van der Waals surface area contributed by atoms with Crippen LogP contribution >= 0.6 is 0 Å². The van der Waals surface area contributed by atoms with E-state index < -0.39 is 29.6 Å². The third-order valence-electron chi connectivity index (χ3n) is 5.55. The van der Waals surface area contributed by atoms with Gasteiger partial charge in [0.05, 0.1) is 36.2 Å². The minimum absolute atomic E-state index is 0.0523. The van der Waals surface area contributed by atoms with Crippen LogP contribution in [0.5, 0.6) is 5.88 Å². The number of carbonyl (C=O) groups excluding carboxylic acids is 2. The third kappa shape index (κ3) is 6.98. The van der Waals surface area contributed by atoms with Crippen LogP contribution in [0.3, 0.4) is 0 Å². The second-order valence-corrected chi connectivity index (χ2v) is 9.72. The van der Waals surface area contributed by atoms with Gasteiger partial charge in [0.15, 0.2) is 5.82 Å². The van der Waals surface area contributed by atoms with Crippen LogP contribution in [0.15, 0.2) is 42.6 Å². The number of amides is 1. The molecule has 3 aromatic rings. The molecule has 0 bridgehead atoms. The molecule has 204 valence electrons. The molecule has 2 N–H and O–H groups in total. The molecule has 0 aliphatic rings. The number of hydrogen-bond donors (Lipinski definition) is 1. The van der Waals surface area contributed by atoms with Crippen LogP contribution < -0.4 is 10.5 Å². The molecule has 3 rings (SSSR count). The smallest absolute Gasteiger partial charge is 0.410 e. The summed E-state index contributed by atoms with van der Waals surface area (Å²) in [5.41, 5.74) is 7.31. The number of hydrogen-bond acceptors (Lipinski definition) is 9. The second-order valence-electron chi connectivity index (χ2n) is 9.72. The van der Waals surface area contributed by atoms with Crippen LogP contribution in [0.4, 0.5) is 15.0 Å². The highest BCUT2D eigenvalue weighted by atomic mass is 19.1. The van der Waals surface area contributed by atoms with Gasteiger partial charge >= 0.3 is 12.1 Å². The second kappa shape index (κ2) is 11.8. The first-order valence-electron chi connectivity index (χ1n) is 12.0. The molecule has 1 heterocycles. The summed E-state index contributed by atoms with van der Waals surface area (Å²) in [6.07, 6.45) is -0.0126. The zero-order valence-electron chi connectivity index (χ0n) is 22.6. The van der Waals surface area contributed by atoms with Crippen molar-refractivity contribution >= 4 is 17.9 Å². The summed E-state index contributed by atoms with van der Waals surface area (Å²) in [7, 11) is 2.80. The molecule has 1 aromatic heterocycles. The topological polar surface area (TPSA) is 141 Å². The molecule has 0 aliphatic carbocycles. The molecule has 2 aromatic carbocycles. The summed E-state index contributed by atoms with van der Waals surface area (Å²) in [4.78, 5) is 34.8. The summed E-state index contributed by atoms with van der Waals surface area (Å²) in [6, 6.07) is 10.8. The molecule has 0 saturated heterocycles. The molecule has 0 aliphatic heterocycles. The highest BCUT2D eigenvalue weighted by Crippen LogP contribution is 2.32. The fraction of sp³-hybridized carbons (Fsp3) is 0.321. The van der Waals surface area contributed by atoms with Gasteiger partial charge in [-0.3, -0.25) is 0 Å². The van der Waals surface area contributed by atoms with Gasteiger partial charge in [0.25, 0.3) is 5.88 Å². The molecule has 1 amide bonds. The Morgan fingerprint density at radius 3 is 2.59 bits per heavy atom. The fourth-order valence-corrected chi connectivity index (χ4v) is 3.77. The first-order valence-corrected chi connectivity index (χ1v) is 12.0. The molecule has 39 heavy (non-hydrogen) atoms. The monoisotopic (exact) mass is 535 g/mol. The number of methoxy groups -OCH3 is 1. The van der Waals surface area contributed by atoms with E-state index in [4.69, 9.17) is 19.9 Å². The lowest BCUT2D eigenvalue weighted by Gasteiger charge is -2.25. The highest BCUT2D eigenvalue weighted by molar-refractivity contribution is 5.91. The largest absolute Gasteiger partial charge is 0.467 e. The molecule has 0 spiro atoms. The Labute approximate surface area is 226 Å². The zero-order valence-corrected chi connectivity index (χ0v) is 22.6. The zero-order chi connectivity index (χ0) is 28.9. The minimum atomic E-state index is -0.870. The van der Waals surface area contributed by atoms with Gasteiger partial charge in [0.1, 0.15) is 17.5 Å². The Balaban J connectivity index is 2.00. The molecule has 0 unspecified atom stereocenters. The number of nitrogens with zero attached hydrogens (tertiary/aromatic N) is 4. The number of nitrogen functional groups attached to an aromatic ring is 1. The minimum Gasteiger partial charge on any atom is -0.467 e. The van der Waals surface area contributed by atoms with Gasteiger partial charge in [0.2, 0.25) is 0 Å². The number of aromatic nitrogens is 2. The van der Waals surface area contributed by atoms with Crippen molar-refractivity contribution in [3.05, 3.63) is 70.7 Å². The van der Waals surface area contributed by atoms with Crippen molar-refractivity contribution in [3.8, 4) is 23.2 Å². The number of halogens is 1. The van der Waals surface area contributed by atoms with Crippen LogP contribution in [0.1, 0.15) is 60.8 Å². The summed E-state index contributed by atoms with van der Waals surface area (Å²) < 4.78 is 30.2. The van der Waals surface area contributed by atoms with Crippen molar-refractivity contribution in [2.75, 3.05) is 19.9 Å². The lowest BCUT2D eigenvalue weighted by Crippen LogP contribution is -2.34. The van der Waals surface area contributed by atoms with E-state index >= 15 is 0 Å². The van der Waals surface area contributed by atoms with Crippen molar-refractivity contribution in [2.45, 2.75) is 45.9 Å². The van der Waals surface area contributed by atoms with Crippen molar-refractivity contribution in [1.29, 1.82) is 5.26 Å². The molecular weight excluding hydrogens is 505 g/mol. The van der Waals surface area contributed by atoms with Crippen LogP contribution in [-0.2, 0) is 16.0 Å². The Morgan fingerprint density at radius 1 is 1.23 bits per heavy atom. The molecule has 11 heteroatoms. The Bertz CT molecular complexity index is 1430. The van der Waals surface area contributed by atoms with E-state index in [0.29, 0.717) is 16.7 Å². The van der Waals surface area contributed by atoms with E-state index in [2.05, 4.69) is 16.0 Å². The number of carbonyl (C=O) groups is 2. The third-order valence-corrected chi connectivity index (χ3v) is 5.55. The van der Waals surface area contributed by atoms with Gasteiger partial charge in [-0.25, -0.2) is 23.9 Å². The lowest BCUT2D eigenvalue weighted by atomic mass is 9.98. The quantitative estimate of drug-likeness (QED) is 0.412. The van der Waals surface area contributed by atoms with Crippen molar-refractivity contribution < 1.29 is 28.2 Å². The molecule has 1 atom stereocenters. The molecule has 0 saturated carbocycles. The summed E-state index contributed by atoms with van der Waals surface area (Å²) in [6.45, 7) is 7.02. The van der Waals surface area contributed by atoms with E-state index in [-0.39, 0.29) is 35.1 Å². The molecule has 0 fully saturated rings. The summed E-state index contributed by atoms with van der Waals surface area (Å²) >= 11 is 0. The maximum atomic E-state index is 14.0. The number of ether oxygens (including phenoxy) is 3. The summed E-state index contributed by atoms with van der Waals surface area (Å²) in [5, 5.41) is 9.81.